The van der Waals surface area contributed by atoms with Gasteiger partial charge in [-0.05, 0) is 33.6 Å². The molecule has 0 aromatic carbocycles. The Kier molecular flexibility index (Phi) is 5.35. The number of aryl methyl sites for hydroxylation is 3. The average Bonchev–Trinajstić information content (AvgIpc) is 3.04. The summed E-state index contributed by atoms with van der Waals surface area (Å²) in [5, 5.41) is 14.1. The zero-order valence-electron chi connectivity index (χ0n) is 15.1. The van der Waals surface area contributed by atoms with Gasteiger partial charge in [0.15, 0.2) is 5.82 Å². The highest BCUT2D eigenvalue weighted by Crippen LogP contribution is 2.33. The average molecular weight is 346 g/mol. The molecule has 2 aromatic rings. The van der Waals surface area contributed by atoms with E-state index in [0.29, 0.717) is 24.7 Å². The first-order chi connectivity index (χ1) is 12.1. The number of carbonyl (C=O) groups is 1. The summed E-state index contributed by atoms with van der Waals surface area (Å²) in [6.45, 7) is 7.04. The van der Waals surface area contributed by atoms with E-state index in [4.69, 9.17) is 4.52 Å². The molecule has 3 heterocycles. The first-order valence-corrected chi connectivity index (χ1v) is 8.91. The van der Waals surface area contributed by atoms with Gasteiger partial charge in [-0.2, -0.15) is 10.1 Å². The summed E-state index contributed by atoms with van der Waals surface area (Å²) in [5.41, 5.74) is 3.18. The standard InChI is InChI=1S/C17H26N6O2/c1-11-16(12(2)21-20-11)14-7-5-4-6-10-23(14)17(24)18-9-8-15-19-13(3)22-25-15/h14H,4-10H2,1-3H3,(H,18,24)(H,20,21)/t14-/m1/s1. The molecule has 0 bridgehead atoms. The van der Waals surface area contributed by atoms with Crippen molar-refractivity contribution < 1.29 is 9.32 Å². The Morgan fingerprint density at radius 3 is 2.84 bits per heavy atom. The van der Waals surface area contributed by atoms with Crippen molar-refractivity contribution in [3.05, 3.63) is 28.7 Å². The second-order valence-corrected chi connectivity index (χ2v) is 6.62. The molecule has 1 fully saturated rings. The van der Waals surface area contributed by atoms with Crippen molar-refractivity contribution in [2.24, 2.45) is 0 Å². The molecule has 1 atom stereocenters. The third-order valence-corrected chi connectivity index (χ3v) is 4.72. The van der Waals surface area contributed by atoms with Crippen LogP contribution in [0.3, 0.4) is 0 Å². The van der Waals surface area contributed by atoms with Crippen LogP contribution < -0.4 is 5.32 Å². The number of H-pyrrole nitrogens is 1. The van der Waals surface area contributed by atoms with Gasteiger partial charge < -0.3 is 14.7 Å². The summed E-state index contributed by atoms with van der Waals surface area (Å²) in [6, 6.07) is 0.0371. The number of hydrogen-bond acceptors (Lipinski definition) is 5. The molecular formula is C17H26N6O2. The Bertz CT molecular complexity index is 703. The normalized spacial score (nSPS) is 18.2. The minimum absolute atomic E-state index is 0.0388. The Balaban J connectivity index is 1.67. The molecule has 2 amide bonds. The van der Waals surface area contributed by atoms with Gasteiger partial charge in [-0.3, -0.25) is 5.10 Å². The van der Waals surface area contributed by atoms with E-state index in [1.165, 1.54) is 0 Å². The van der Waals surface area contributed by atoms with Crippen LogP contribution in [0.15, 0.2) is 4.52 Å². The van der Waals surface area contributed by atoms with Crippen molar-refractivity contribution >= 4 is 6.03 Å². The van der Waals surface area contributed by atoms with Crippen LogP contribution in [0.5, 0.6) is 0 Å². The summed E-state index contributed by atoms with van der Waals surface area (Å²) in [5.74, 6) is 1.16. The predicted molar refractivity (Wildman–Crippen MR) is 92.1 cm³/mol. The largest absolute Gasteiger partial charge is 0.339 e. The van der Waals surface area contributed by atoms with E-state index in [9.17, 15) is 4.79 Å². The van der Waals surface area contributed by atoms with Gasteiger partial charge in [-0.25, -0.2) is 4.79 Å². The summed E-state index contributed by atoms with van der Waals surface area (Å²) in [6.07, 6.45) is 4.81. The third-order valence-electron chi connectivity index (χ3n) is 4.72. The highest BCUT2D eigenvalue weighted by atomic mass is 16.5. The number of aromatic nitrogens is 4. The fourth-order valence-electron chi connectivity index (χ4n) is 3.52. The minimum atomic E-state index is -0.0388. The van der Waals surface area contributed by atoms with Crippen LogP contribution in [0.25, 0.3) is 0 Å². The third kappa shape index (κ3) is 4.00. The molecule has 0 spiro atoms. The molecule has 136 valence electrons. The van der Waals surface area contributed by atoms with Gasteiger partial charge in [0.1, 0.15) is 0 Å². The van der Waals surface area contributed by atoms with Crippen LogP contribution in [-0.2, 0) is 6.42 Å². The van der Waals surface area contributed by atoms with Crippen LogP contribution in [0.2, 0.25) is 0 Å². The Morgan fingerprint density at radius 2 is 2.16 bits per heavy atom. The lowest BCUT2D eigenvalue weighted by Gasteiger charge is -2.30. The van der Waals surface area contributed by atoms with Gasteiger partial charge in [0.05, 0.1) is 11.7 Å². The molecule has 2 N–H and O–H groups in total. The molecule has 2 aromatic heterocycles. The van der Waals surface area contributed by atoms with E-state index < -0.39 is 0 Å². The van der Waals surface area contributed by atoms with E-state index in [1.807, 2.05) is 18.7 Å². The summed E-state index contributed by atoms with van der Waals surface area (Å²) < 4.78 is 5.08. The van der Waals surface area contributed by atoms with E-state index in [1.54, 1.807) is 6.92 Å². The maximum absolute atomic E-state index is 12.8. The molecule has 0 unspecified atom stereocenters. The van der Waals surface area contributed by atoms with Crippen molar-refractivity contribution in [2.75, 3.05) is 13.1 Å². The maximum atomic E-state index is 12.8. The molecular weight excluding hydrogens is 320 g/mol. The first kappa shape index (κ1) is 17.4. The SMILES string of the molecule is Cc1noc(CCNC(=O)N2CCCCC[C@@H]2c2c(C)n[nH]c2C)n1. The number of hydrogen-bond donors (Lipinski definition) is 2. The quantitative estimate of drug-likeness (QED) is 0.886. The van der Waals surface area contributed by atoms with Crippen molar-refractivity contribution in [2.45, 2.75) is 58.9 Å². The van der Waals surface area contributed by atoms with Gasteiger partial charge in [-0.15, -0.1) is 0 Å². The molecule has 25 heavy (non-hydrogen) atoms. The molecule has 1 aliphatic rings. The fourth-order valence-corrected chi connectivity index (χ4v) is 3.52. The maximum Gasteiger partial charge on any atom is 0.317 e. The Hall–Kier alpha value is -2.38. The number of urea groups is 1. The van der Waals surface area contributed by atoms with Crippen LogP contribution >= 0.6 is 0 Å². The second kappa shape index (κ2) is 7.67. The lowest BCUT2D eigenvalue weighted by Crippen LogP contribution is -2.43. The first-order valence-electron chi connectivity index (χ1n) is 8.91. The highest BCUT2D eigenvalue weighted by Gasteiger charge is 2.30. The van der Waals surface area contributed by atoms with E-state index in [0.717, 1.165) is 49.2 Å². The van der Waals surface area contributed by atoms with Crippen LogP contribution in [0.4, 0.5) is 4.79 Å². The number of nitrogens with zero attached hydrogens (tertiary/aromatic N) is 4. The minimum Gasteiger partial charge on any atom is -0.339 e. The highest BCUT2D eigenvalue weighted by molar-refractivity contribution is 5.75. The topological polar surface area (TPSA) is 99.9 Å². The van der Waals surface area contributed by atoms with E-state index in [2.05, 4.69) is 25.7 Å². The smallest absolute Gasteiger partial charge is 0.317 e. The lowest BCUT2D eigenvalue weighted by atomic mass is 9.99. The molecule has 0 aliphatic carbocycles. The van der Waals surface area contributed by atoms with Gasteiger partial charge in [0.25, 0.3) is 0 Å². The lowest BCUT2D eigenvalue weighted by molar-refractivity contribution is 0.175. The summed E-state index contributed by atoms with van der Waals surface area (Å²) >= 11 is 0. The molecule has 8 nitrogen and oxygen atoms in total. The van der Waals surface area contributed by atoms with Gasteiger partial charge in [0.2, 0.25) is 5.89 Å². The zero-order valence-corrected chi connectivity index (χ0v) is 15.1. The summed E-state index contributed by atoms with van der Waals surface area (Å²) in [4.78, 5) is 18.9. The number of likely N-dealkylation sites (tertiary alicyclic amines) is 1. The number of carbonyl (C=O) groups excluding carboxylic acids is 1. The van der Waals surface area contributed by atoms with Gasteiger partial charge >= 0.3 is 6.03 Å². The Morgan fingerprint density at radius 1 is 1.32 bits per heavy atom. The van der Waals surface area contributed by atoms with Gasteiger partial charge in [-0.1, -0.05) is 18.0 Å². The number of nitrogens with one attached hydrogen (secondary N) is 2. The Labute approximate surface area is 147 Å². The molecule has 1 aliphatic heterocycles. The summed E-state index contributed by atoms with van der Waals surface area (Å²) in [7, 11) is 0. The van der Waals surface area contributed by atoms with Crippen LogP contribution in [0.1, 0.15) is 60.4 Å². The molecule has 3 rings (SSSR count). The zero-order chi connectivity index (χ0) is 17.8. The molecule has 0 radical (unpaired) electrons. The number of amides is 2. The number of rotatable bonds is 4. The van der Waals surface area contributed by atoms with Crippen molar-refractivity contribution in [3.63, 3.8) is 0 Å². The molecule has 1 saturated heterocycles. The van der Waals surface area contributed by atoms with E-state index in [-0.39, 0.29) is 12.1 Å². The van der Waals surface area contributed by atoms with Gasteiger partial charge in [0, 0.05) is 30.8 Å². The predicted octanol–water partition coefficient (Wildman–Crippen LogP) is 2.59. The van der Waals surface area contributed by atoms with Crippen molar-refractivity contribution in [1.82, 2.24) is 30.6 Å². The van der Waals surface area contributed by atoms with Crippen LogP contribution in [0, 0.1) is 20.8 Å². The second-order valence-electron chi connectivity index (χ2n) is 6.62. The van der Waals surface area contributed by atoms with E-state index >= 15 is 0 Å². The van der Waals surface area contributed by atoms with Crippen molar-refractivity contribution in [1.29, 1.82) is 0 Å². The number of aromatic amines is 1. The monoisotopic (exact) mass is 346 g/mol. The fraction of sp³-hybridized carbons (Fsp3) is 0.647. The molecule has 8 heteroatoms. The van der Waals surface area contributed by atoms with Crippen LogP contribution in [-0.4, -0.2) is 44.4 Å². The van der Waals surface area contributed by atoms with Crippen molar-refractivity contribution in [3.8, 4) is 0 Å². The molecule has 0 saturated carbocycles.